The van der Waals surface area contributed by atoms with E-state index in [9.17, 15) is 9.90 Å². The van der Waals surface area contributed by atoms with Gasteiger partial charge in [0.2, 0.25) is 0 Å². The predicted octanol–water partition coefficient (Wildman–Crippen LogP) is 3.03. The Balaban J connectivity index is 1.62. The molecule has 1 aromatic heterocycles. The van der Waals surface area contributed by atoms with E-state index >= 15 is 0 Å². The molecule has 0 saturated carbocycles. The Kier molecular flexibility index (Phi) is 4.88. The molecule has 1 aliphatic heterocycles. The van der Waals surface area contributed by atoms with Gasteiger partial charge in [-0.05, 0) is 55.8 Å². The highest BCUT2D eigenvalue weighted by atomic mass is 16.3. The summed E-state index contributed by atoms with van der Waals surface area (Å²) in [5.74, 6) is -0.138. The first-order valence-corrected chi connectivity index (χ1v) is 7.99. The lowest BCUT2D eigenvalue weighted by atomic mass is 10.1. The lowest BCUT2D eigenvalue weighted by molar-refractivity contribution is 0.102. The molecular weight excluding hydrogens is 290 g/mol. The fraction of sp³-hybridized carbons (Fsp3) is 0.333. The third-order valence-corrected chi connectivity index (χ3v) is 4.09. The van der Waals surface area contributed by atoms with Gasteiger partial charge in [0.15, 0.2) is 11.6 Å². The van der Waals surface area contributed by atoms with Crippen molar-refractivity contribution < 1.29 is 9.90 Å². The number of anilines is 1. The van der Waals surface area contributed by atoms with Gasteiger partial charge in [-0.3, -0.25) is 9.69 Å². The zero-order chi connectivity index (χ0) is 16.1. The van der Waals surface area contributed by atoms with E-state index in [1.807, 2.05) is 24.3 Å². The molecular formula is C18H21N3O2. The minimum Gasteiger partial charge on any atom is -0.504 e. The van der Waals surface area contributed by atoms with Crippen molar-refractivity contribution in [2.24, 2.45) is 0 Å². The van der Waals surface area contributed by atoms with Crippen LogP contribution in [0.2, 0.25) is 0 Å². The number of carbonyl (C=O) groups excluding carboxylic acids is 1. The minimum absolute atomic E-state index is 0.0393. The van der Waals surface area contributed by atoms with Crippen LogP contribution in [0.15, 0.2) is 42.6 Å². The summed E-state index contributed by atoms with van der Waals surface area (Å²) in [7, 11) is 0. The smallest absolute Gasteiger partial charge is 0.256 e. The summed E-state index contributed by atoms with van der Waals surface area (Å²) >= 11 is 0. The first kappa shape index (κ1) is 15.5. The van der Waals surface area contributed by atoms with Crippen LogP contribution in [-0.4, -0.2) is 34.0 Å². The summed E-state index contributed by atoms with van der Waals surface area (Å²) in [6, 6.07) is 10.7. The second-order valence-corrected chi connectivity index (χ2v) is 5.86. The third-order valence-electron chi connectivity index (χ3n) is 4.09. The van der Waals surface area contributed by atoms with Crippen molar-refractivity contribution in [2.45, 2.75) is 25.8 Å². The topological polar surface area (TPSA) is 65.5 Å². The molecule has 3 rings (SSSR count). The SMILES string of the molecule is O=C(Nc1ncccc1O)c1ccc(CN2CCCCC2)cc1. The maximum absolute atomic E-state index is 12.2. The number of hydrogen-bond acceptors (Lipinski definition) is 4. The van der Waals surface area contributed by atoms with Crippen LogP contribution in [0.1, 0.15) is 35.2 Å². The Bertz CT molecular complexity index is 664. The molecule has 23 heavy (non-hydrogen) atoms. The first-order valence-electron chi connectivity index (χ1n) is 7.99. The molecule has 1 saturated heterocycles. The lowest BCUT2D eigenvalue weighted by Gasteiger charge is -2.26. The molecule has 2 heterocycles. The molecule has 0 aliphatic carbocycles. The van der Waals surface area contributed by atoms with E-state index in [1.165, 1.54) is 37.1 Å². The molecule has 0 bridgehead atoms. The molecule has 5 nitrogen and oxygen atoms in total. The number of amides is 1. The fourth-order valence-corrected chi connectivity index (χ4v) is 2.81. The molecule has 0 atom stereocenters. The van der Waals surface area contributed by atoms with Crippen LogP contribution in [0.4, 0.5) is 5.82 Å². The Morgan fingerprint density at radius 3 is 2.57 bits per heavy atom. The van der Waals surface area contributed by atoms with E-state index in [0.29, 0.717) is 5.56 Å². The number of benzene rings is 1. The van der Waals surface area contributed by atoms with Gasteiger partial charge in [0.1, 0.15) is 0 Å². The molecule has 0 radical (unpaired) electrons. The zero-order valence-electron chi connectivity index (χ0n) is 13.0. The maximum atomic E-state index is 12.2. The van der Waals surface area contributed by atoms with Crippen molar-refractivity contribution in [3.63, 3.8) is 0 Å². The van der Waals surface area contributed by atoms with E-state index in [2.05, 4.69) is 15.2 Å². The van der Waals surface area contributed by atoms with Gasteiger partial charge in [0, 0.05) is 18.3 Å². The van der Waals surface area contributed by atoms with E-state index in [4.69, 9.17) is 0 Å². The van der Waals surface area contributed by atoms with Gasteiger partial charge in [-0.25, -0.2) is 4.98 Å². The van der Waals surface area contributed by atoms with Gasteiger partial charge < -0.3 is 10.4 Å². The average Bonchev–Trinajstić information content (AvgIpc) is 2.58. The number of likely N-dealkylation sites (tertiary alicyclic amines) is 1. The first-order chi connectivity index (χ1) is 11.2. The van der Waals surface area contributed by atoms with Gasteiger partial charge in [-0.15, -0.1) is 0 Å². The van der Waals surface area contributed by atoms with E-state index in [1.54, 1.807) is 6.07 Å². The predicted molar refractivity (Wildman–Crippen MR) is 89.4 cm³/mol. The van der Waals surface area contributed by atoms with E-state index in [-0.39, 0.29) is 17.5 Å². The van der Waals surface area contributed by atoms with Crippen LogP contribution >= 0.6 is 0 Å². The van der Waals surface area contributed by atoms with Crippen LogP contribution in [-0.2, 0) is 6.54 Å². The molecule has 120 valence electrons. The Hall–Kier alpha value is -2.40. The molecule has 1 aliphatic rings. The highest BCUT2D eigenvalue weighted by Gasteiger charge is 2.12. The van der Waals surface area contributed by atoms with Gasteiger partial charge >= 0.3 is 0 Å². The molecule has 1 amide bonds. The Morgan fingerprint density at radius 2 is 1.87 bits per heavy atom. The minimum atomic E-state index is -0.275. The maximum Gasteiger partial charge on any atom is 0.256 e. The molecule has 1 fully saturated rings. The normalized spacial score (nSPS) is 15.3. The number of nitrogens with zero attached hydrogens (tertiary/aromatic N) is 2. The number of pyridine rings is 1. The fourth-order valence-electron chi connectivity index (χ4n) is 2.81. The summed E-state index contributed by atoms with van der Waals surface area (Å²) in [4.78, 5) is 18.6. The van der Waals surface area contributed by atoms with Crippen LogP contribution in [0.3, 0.4) is 0 Å². The van der Waals surface area contributed by atoms with Crippen molar-refractivity contribution in [1.82, 2.24) is 9.88 Å². The second-order valence-electron chi connectivity index (χ2n) is 5.86. The average molecular weight is 311 g/mol. The number of piperidine rings is 1. The number of hydrogen-bond donors (Lipinski definition) is 2. The molecule has 2 N–H and O–H groups in total. The van der Waals surface area contributed by atoms with Gasteiger partial charge in [0.25, 0.3) is 5.91 Å². The van der Waals surface area contributed by atoms with Gasteiger partial charge in [0.05, 0.1) is 0 Å². The summed E-state index contributed by atoms with van der Waals surface area (Å²) in [6.45, 7) is 3.24. The number of nitrogens with one attached hydrogen (secondary N) is 1. The third kappa shape index (κ3) is 4.07. The molecule has 0 spiro atoms. The van der Waals surface area contributed by atoms with Crippen molar-refractivity contribution in [3.05, 3.63) is 53.7 Å². The Morgan fingerprint density at radius 1 is 1.13 bits per heavy atom. The van der Waals surface area contributed by atoms with E-state index in [0.717, 1.165) is 19.6 Å². The summed E-state index contributed by atoms with van der Waals surface area (Å²) < 4.78 is 0. The molecule has 1 aromatic carbocycles. The zero-order valence-corrected chi connectivity index (χ0v) is 13.0. The van der Waals surface area contributed by atoms with Crippen LogP contribution in [0.25, 0.3) is 0 Å². The molecule has 0 unspecified atom stereocenters. The standard InChI is InChI=1S/C18H21N3O2/c22-16-5-4-10-19-17(16)20-18(23)15-8-6-14(7-9-15)13-21-11-2-1-3-12-21/h4-10,22H,1-3,11-13H2,(H,19,20,23). The second kappa shape index (κ2) is 7.24. The number of rotatable bonds is 4. The van der Waals surface area contributed by atoms with E-state index < -0.39 is 0 Å². The Labute approximate surface area is 136 Å². The van der Waals surface area contributed by atoms with Crippen molar-refractivity contribution >= 4 is 11.7 Å². The number of aromatic hydroxyl groups is 1. The van der Waals surface area contributed by atoms with Crippen LogP contribution in [0, 0.1) is 0 Å². The van der Waals surface area contributed by atoms with Crippen molar-refractivity contribution in [3.8, 4) is 5.75 Å². The van der Waals surface area contributed by atoms with Crippen LogP contribution < -0.4 is 5.32 Å². The van der Waals surface area contributed by atoms with Crippen molar-refractivity contribution in [1.29, 1.82) is 0 Å². The molecule has 5 heteroatoms. The highest BCUT2D eigenvalue weighted by molar-refractivity contribution is 6.04. The van der Waals surface area contributed by atoms with Gasteiger partial charge in [-0.2, -0.15) is 0 Å². The van der Waals surface area contributed by atoms with Crippen LogP contribution in [0.5, 0.6) is 5.75 Å². The number of carbonyl (C=O) groups is 1. The molecule has 2 aromatic rings. The monoisotopic (exact) mass is 311 g/mol. The number of aromatic nitrogens is 1. The summed E-state index contributed by atoms with van der Waals surface area (Å²) in [6.07, 6.45) is 5.40. The largest absolute Gasteiger partial charge is 0.504 e. The highest BCUT2D eigenvalue weighted by Crippen LogP contribution is 2.19. The van der Waals surface area contributed by atoms with Gasteiger partial charge in [-0.1, -0.05) is 18.6 Å². The lowest BCUT2D eigenvalue weighted by Crippen LogP contribution is -2.29. The quantitative estimate of drug-likeness (QED) is 0.911. The van der Waals surface area contributed by atoms with Crippen molar-refractivity contribution in [2.75, 3.05) is 18.4 Å². The summed E-state index contributed by atoms with van der Waals surface area (Å²) in [5, 5.41) is 12.3. The summed E-state index contributed by atoms with van der Waals surface area (Å²) in [5.41, 5.74) is 1.77.